The number of anilines is 1. The molecule has 0 aliphatic carbocycles. The molecule has 6 heteroatoms. The Hall–Kier alpha value is -2.79. The van der Waals surface area contributed by atoms with Gasteiger partial charge in [0.1, 0.15) is 11.3 Å². The van der Waals surface area contributed by atoms with Crippen molar-refractivity contribution in [2.75, 3.05) is 5.32 Å². The molecule has 4 nitrogen and oxygen atoms in total. The Morgan fingerprint density at radius 1 is 1.46 bits per heavy atom. The fourth-order valence-corrected chi connectivity index (χ4v) is 2.41. The number of nitrogens with zero attached hydrogens (tertiary/aromatic N) is 1. The SMILES string of the molecule is C=C(Nc1c[nH]c2cccnc12)c1cc(Cl)c(F)cc1C.C=CN. The van der Waals surface area contributed by atoms with Crippen LogP contribution < -0.4 is 11.1 Å². The first-order valence-electron chi connectivity index (χ1n) is 7.14. The minimum atomic E-state index is -0.431. The van der Waals surface area contributed by atoms with Gasteiger partial charge in [-0.15, -0.1) is 0 Å². The summed E-state index contributed by atoms with van der Waals surface area (Å²) in [5.41, 5.74) is 9.36. The van der Waals surface area contributed by atoms with E-state index in [1.165, 1.54) is 12.3 Å². The first-order chi connectivity index (χ1) is 11.5. The molecule has 0 bridgehead atoms. The monoisotopic (exact) mass is 344 g/mol. The van der Waals surface area contributed by atoms with Crippen molar-refractivity contribution >= 4 is 34.0 Å². The number of benzene rings is 1. The van der Waals surface area contributed by atoms with E-state index in [2.05, 4.69) is 34.2 Å². The van der Waals surface area contributed by atoms with E-state index in [1.54, 1.807) is 12.3 Å². The molecular formula is C18H18ClFN4. The fourth-order valence-electron chi connectivity index (χ4n) is 2.25. The maximum atomic E-state index is 13.4. The van der Waals surface area contributed by atoms with Crippen molar-refractivity contribution in [2.45, 2.75) is 6.92 Å². The molecule has 0 amide bonds. The van der Waals surface area contributed by atoms with E-state index in [-0.39, 0.29) is 5.02 Å². The highest BCUT2D eigenvalue weighted by atomic mass is 35.5. The van der Waals surface area contributed by atoms with Gasteiger partial charge < -0.3 is 16.0 Å². The summed E-state index contributed by atoms with van der Waals surface area (Å²) in [6.45, 7) is 8.96. The zero-order valence-corrected chi connectivity index (χ0v) is 14.0. The van der Waals surface area contributed by atoms with Gasteiger partial charge in [-0.05, 0) is 43.0 Å². The highest BCUT2D eigenvalue weighted by molar-refractivity contribution is 6.31. The van der Waals surface area contributed by atoms with Crippen molar-refractivity contribution in [3.05, 3.63) is 78.0 Å². The molecular weight excluding hydrogens is 327 g/mol. The molecule has 0 unspecified atom stereocenters. The summed E-state index contributed by atoms with van der Waals surface area (Å²) in [4.78, 5) is 7.45. The summed E-state index contributed by atoms with van der Waals surface area (Å²) < 4.78 is 13.4. The number of rotatable bonds is 3. The second-order valence-electron chi connectivity index (χ2n) is 5.02. The molecule has 3 aromatic rings. The average Bonchev–Trinajstić information content (AvgIpc) is 2.95. The minimum Gasteiger partial charge on any atom is -0.405 e. The number of aryl methyl sites for hydroxylation is 1. The zero-order chi connectivity index (χ0) is 17.7. The Morgan fingerprint density at radius 2 is 2.17 bits per heavy atom. The van der Waals surface area contributed by atoms with Gasteiger partial charge in [-0.2, -0.15) is 0 Å². The molecule has 0 aliphatic heterocycles. The molecule has 1 aromatic carbocycles. The van der Waals surface area contributed by atoms with E-state index in [9.17, 15) is 4.39 Å². The predicted octanol–water partition coefficient (Wildman–Crippen LogP) is 4.84. The topological polar surface area (TPSA) is 66.7 Å². The van der Waals surface area contributed by atoms with Crippen LogP contribution in [0.4, 0.5) is 10.1 Å². The third-order valence-corrected chi connectivity index (χ3v) is 3.60. The Kier molecular flexibility index (Phi) is 5.60. The standard InChI is InChI=1S/C16H13ClFN3.C2H5N/c1-9-6-13(18)12(17)7-11(9)10(2)21-15-8-20-14-4-3-5-19-16(14)15;1-2-3/h3-8,20-21H,2H2,1H3;2H,1,3H2. The van der Waals surface area contributed by atoms with Gasteiger partial charge in [0.2, 0.25) is 0 Å². The van der Waals surface area contributed by atoms with Crippen LogP contribution in [0.5, 0.6) is 0 Å². The number of fused-ring (bicyclic) bond motifs is 1. The summed E-state index contributed by atoms with van der Waals surface area (Å²) in [5, 5.41) is 3.28. The third-order valence-electron chi connectivity index (χ3n) is 3.31. The molecule has 3 rings (SSSR count). The van der Waals surface area contributed by atoms with Gasteiger partial charge in [0, 0.05) is 23.7 Å². The van der Waals surface area contributed by atoms with Crippen molar-refractivity contribution < 1.29 is 4.39 Å². The van der Waals surface area contributed by atoms with E-state index < -0.39 is 5.82 Å². The molecule has 0 radical (unpaired) electrons. The summed E-state index contributed by atoms with van der Waals surface area (Å²) in [6.07, 6.45) is 4.80. The van der Waals surface area contributed by atoms with Crippen LogP contribution in [-0.4, -0.2) is 9.97 Å². The van der Waals surface area contributed by atoms with Gasteiger partial charge in [0.15, 0.2) is 0 Å². The number of pyridine rings is 1. The normalized spacial score (nSPS) is 9.96. The molecule has 0 atom stereocenters. The highest BCUT2D eigenvalue weighted by Crippen LogP contribution is 2.28. The molecule has 124 valence electrons. The van der Waals surface area contributed by atoms with Crippen LogP contribution in [0.1, 0.15) is 11.1 Å². The zero-order valence-electron chi connectivity index (χ0n) is 13.2. The minimum absolute atomic E-state index is 0.0793. The van der Waals surface area contributed by atoms with Crippen molar-refractivity contribution in [3.63, 3.8) is 0 Å². The number of aromatic nitrogens is 2. The smallest absolute Gasteiger partial charge is 0.142 e. The maximum Gasteiger partial charge on any atom is 0.142 e. The van der Waals surface area contributed by atoms with Crippen LogP contribution in [-0.2, 0) is 0 Å². The molecule has 0 saturated heterocycles. The number of hydrogen-bond donors (Lipinski definition) is 3. The Balaban J connectivity index is 0.000000647. The molecule has 0 saturated carbocycles. The van der Waals surface area contributed by atoms with Crippen molar-refractivity contribution in [3.8, 4) is 0 Å². The van der Waals surface area contributed by atoms with Crippen molar-refractivity contribution in [1.82, 2.24) is 9.97 Å². The van der Waals surface area contributed by atoms with E-state index in [4.69, 9.17) is 11.6 Å². The highest BCUT2D eigenvalue weighted by Gasteiger charge is 2.11. The lowest BCUT2D eigenvalue weighted by Crippen LogP contribution is -2.00. The quantitative estimate of drug-likeness (QED) is 0.637. The van der Waals surface area contributed by atoms with Gasteiger partial charge in [-0.1, -0.05) is 24.8 Å². The lowest BCUT2D eigenvalue weighted by Gasteiger charge is -2.12. The van der Waals surface area contributed by atoms with Crippen LogP contribution in [0.25, 0.3) is 16.7 Å². The number of nitrogens with two attached hydrogens (primary N) is 1. The molecule has 0 fully saturated rings. The molecule has 2 aromatic heterocycles. The number of H-pyrrole nitrogens is 1. The predicted molar refractivity (Wildman–Crippen MR) is 99.3 cm³/mol. The first-order valence-corrected chi connectivity index (χ1v) is 7.52. The Labute approximate surface area is 144 Å². The second-order valence-corrected chi connectivity index (χ2v) is 5.43. The van der Waals surface area contributed by atoms with Gasteiger partial charge in [-0.25, -0.2) is 4.39 Å². The first kappa shape index (κ1) is 17.6. The van der Waals surface area contributed by atoms with E-state index in [0.717, 1.165) is 27.8 Å². The van der Waals surface area contributed by atoms with E-state index >= 15 is 0 Å². The molecule has 24 heavy (non-hydrogen) atoms. The number of nitrogens with one attached hydrogen (secondary N) is 2. The van der Waals surface area contributed by atoms with Crippen LogP contribution >= 0.6 is 11.6 Å². The number of hydrogen-bond acceptors (Lipinski definition) is 3. The summed E-state index contributed by atoms with van der Waals surface area (Å²) >= 11 is 5.84. The average molecular weight is 345 g/mol. The molecule has 4 N–H and O–H groups in total. The summed E-state index contributed by atoms with van der Waals surface area (Å²) in [7, 11) is 0. The lowest BCUT2D eigenvalue weighted by atomic mass is 10.1. The van der Waals surface area contributed by atoms with Gasteiger partial charge in [0.25, 0.3) is 0 Å². The van der Waals surface area contributed by atoms with Crippen molar-refractivity contribution in [2.24, 2.45) is 5.73 Å². The molecule has 0 aliphatic rings. The van der Waals surface area contributed by atoms with E-state index in [0.29, 0.717) is 5.70 Å². The fraction of sp³-hybridized carbons (Fsp3) is 0.0556. The lowest BCUT2D eigenvalue weighted by molar-refractivity contribution is 0.627. The maximum absolute atomic E-state index is 13.4. The largest absolute Gasteiger partial charge is 0.405 e. The summed E-state index contributed by atoms with van der Waals surface area (Å²) in [5.74, 6) is -0.431. The second kappa shape index (κ2) is 7.66. The Morgan fingerprint density at radius 3 is 2.88 bits per heavy atom. The number of aromatic amines is 1. The van der Waals surface area contributed by atoms with E-state index in [1.807, 2.05) is 25.3 Å². The van der Waals surface area contributed by atoms with Gasteiger partial charge in [-0.3, -0.25) is 4.98 Å². The van der Waals surface area contributed by atoms with Crippen molar-refractivity contribution in [1.29, 1.82) is 0 Å². The van der Waals surface area contributed by atoms with Crippen LogP contribution in [0.15, 0.2) is 56.0 Å². The third kappa shape index (κ3) is 3.75. The van der Waals surface area contributed by atoms with Gasteiger partial charge >= 0.3 is 0 Å². The van der Waals surface area contributed by atoms with Gasteiger partial charge in [0.05, 0.1) is 16.2 Å². The van der Waals surface area contributed by atoms with Crippen LogP contribution in [0, 0.1) is 12.7 Å². The van der Waals surface area contributed by atoms with Crippen LogP contribution in [0.3, 0.4) is 0 Å². The molecule has 2 heterocycles. The summed E-state index contributed by atoms with van der Waals surface area (Å²) in [6, 6.07) is 6.78. The Bertz CT molecular complexity index is 886. The van der Waals surface area contributed by atoms with Crippen LogP contribution in [0.2, 0.25) is 5.02 Å². The molecule has 0 spiro atoms. The number of halogens is 2.